The van der Waals surface area contributed by atoms with Gasteiger partial charge in [-0.05, 0) is 60.0 Å². The Morgan fingerprint density at radius 3 is 1.89 bits per heavy atom. The van der Waals surface area contributed by atoms with Crippen molar-refractivity contribution in [1.82, 2.24) is 0 Å². The van der Waals surface area contributed by atoms with Gasteiger partial charge in [-0.25, -0.2) is 4.85 Å². The summed E-state index contributed by atoms with van der Waals surface area (Å²) in [5.41, 5.74) is 10.6. The number of hydrogen-bond donors (Lipinski definition) is 0. The second kappa shape index (κ2) is 13.7. The highest BCUT2D eigenvalue weighted by molar-refractivity contribution is 7.18. The van der Waals surface area contributed by atoms with Crippen LogP contribution < -0.4 is 9.80 Å². The molecule has 0 amide bonds. The van der Waals surface area contributed by atoms with Crippen LogP contribution in [-0.4, -0.2) is 38.0 Å². The van der Waals surface area contributed by atoms with Gasteiger partial charge in [0.2, 0.25) is 17.1 Å². The van der Waals surface area contributed by atoms with Crippen LogP contribution in [0.25, 0.3) is 21.5 Å². The molecule has 6 rings (SSSR count). The van der Waals surface area contributed by atoms with Crippen molar-refractivity contribution in [2.24, 2.45) is 0 Å². The van der Waals surface area contributed by atoms with Gasteiger partial charge >= 0.3 is 0 Å². The maximum atomic E-state index is 8.31. The van der Waals surface area contributed by atoms with Crippen LogP contribution in [0.4, 0.5) is 27.8 Å². The van der Waals surface area contributed by atoms with E-state index in [9.17, 15) is 0 Å². The summed E-state index contributed by atoms with van der Waals surface area (Å²) in [6.45, 7) is 11.2. The molecule has 0 saturated carbocycles. The molecule has 0 N–H and O–H groups in total. The number of rotatable bonds is 8. The highest BCUT2D eigenvalue weighted by Crippen LogP contribution is 2.52. The minimum atomic E-state index is 0.703. The highest BCUT2D eigenvalue weighted by atomic mass is 32.1. The summed E-state index contributed by atoms with van der Waals surface area (Å²) < 4.78 is 2.20. The number of anilines is 3. The zero-order valence-electron chi connectivity index (χ0n) is 26.7. The van der Waals surface area contributed by atoms with Gasteiger partial charge in [0.15, 0.2) is 0 Å². The molecule has 226 valence electrons. The van der Waals surface area contributed by atoms with Crippen molar-refractivity contribution < 1.29 is 4.58 Å². The van der Waals surface area contributed by atoms with Crippen molar-refractivity contribution >= 4 is 50.4 Å². The van der Waals surface area contributed by atoms with Gasteiger partial charge in [0.1, 0.15) is 7.05 Å². The maximum Gasteiger partial charge on any atom is 0.228 e. The van der Waals surface area contributed by atoms with Gasteiger partial charge in [-0.3, -0.25) is 0 Å². The molecule has 0 aliphatic heterocycles. The molecule has 1 heterocycles. The normalized spacial score (nSPS) is 12.2. The lowest BCUT2D eigenvalue weighted by molar-refractivity contribution is -0.403. The van der Waals surface area contributed by atoms with Gasteiger partial charge in [-0.1, -0.05) is 78.9 Å². The van der Waals surface area contributed by atoms with E-state index in [0.29, 0.717) is 5.69 Å². The molecule has 0 fully saturated rings. The summed E-state index contributed by atoms with van der Waals surface area (Å²) in [5, 5.41) is 0.990. The average molecular weight is 618 g/mol. The second-order valence-electron chi connectivity index (χ2n) is 11.2. The van der Waals surface area contributed by atoms with Crippen LogP contribution in [0, 0.1) is 6.57 Å². The number of para-hydroxylation sites is 2. The molecule has 1 aliphatic carbocycles. The van der Waals surface area contributed by atoms with E-state index in [2.05, 4.69) is 169 Å². The molecule has 1 aromatic heterocycles. The summed E-state index contributed by atoms with van der Waals surface area (Å²) in [7, 11) is 6.26. The third-order valence-electron chi connectivity index (χ3n) is 8.46. The fraction of sp³-hybridized carbons (Fsp3) is 0.122. The van der Waals surface area contributed by atoms with Gasteiger partial charge in [-0.2, -0.15) is 4.58 Å². The molecule has 1 aliphatic rings. The molecule has 5 aromatic rings. The van der Waals surface area contributed by atoms with E-state index >= 15 is 0 Å². The van der Waals surface area contributed by atoms with Gasteiger partial charge < -0.3 is 9.80 Å². The SMILES string of the molecule is [C-]#[N+]c1c(N(C)CC)sc(C(=C2C=CC(=[N+](C)c3ccccc3)C=C2)c2ccc(N(C)c3ccccc3)cc2)c1-c1ccccc1. The number of nitrogens with zero attached hydrogens (tertiary/aromatic N) is 4. The summed E-state index contributed by atoms with van der Waals surface area (Å²) in [6, 6.07) is 40.0. The summed E-state index contributed by atoms with van der Waals surface area (Å²) in [5.74, 6) is 0. The Hall–Kier alpha value is -5.44. The predicted octanol–water partition coefficient (Wildman–Crippen LogP) is 10.5. The van der Waals surface area contributed by atoms with E-state index < -0.39 is 0 Å². The lowest BCUT2D eigenvalue weighted by atomic mass is 9.91. The fourth-order valence-corrected chi connectivity index (χ4v) is 7.08. The Bertz CT molecular complexity index is 1970. The van der Waals surface area contributed by atoms with Crippen molar-refractivity contribution in [2.45, 2.75) is 6.92 Å². The van der Waals surface area contributed by atoms with Crippen molar-refractivity contribution in [3.63, 3.8) is 0 Å². The first kappa shape index (κ1) is 30.6. The lowest BCUT2D eigenvalue weighted by Gasteiger charge is -2.21. The molecule has 0 atom stereocenters. The first-order valence-electron chi connectivity index (χ1n) is 15.5. The lowest BCUT2D eigenvalue weighted by Crippen LogP contribution is -2.14. The van der Waals surface area contributed by atoms with Crippen molar-refractivity contribution in [3.05, 3.63) is 167 Å². The Balaban J connectivity index is 1.55. The molecular weight excluding hydrogens is 581 g/mol. The summed E-state index contributed by atoms with van der Waals surface area (Å²) in [4.78, 5) is 9.62. The van der Waals surface area contributed by atoms with Gasteiger partial charge in [-0.15, -0.1) is 11.3 Å². The van der Waals surface area contributed by atoms with Crippen LogP contribution in [0.1, 0.15) is 17.4 Å². The Kier molecular flexibility index (Phi) is 9.10. The van der Waals surface area contributed by atoms with Crippen LogP contribution in [0.3, 0.4) is 0 Å². The smallest absolute Gasteiger partial charge is 0.228 e. The second-order valence-corrected chi connectivity index (χ2v) is 12.2. The zero-order valence-corrected chi connectivity index (χ0v) is 27.5. The van der Waals surface area contributed by atoms with E-state index in [1.165, 1.54) is 0 Å². The molecule has 0 saturated heterocycles. The third kappa shape index (κ3) is 6.08. The first-order chi connectivity index (χ1) is 22.5. The predicted molar refractivity (Wildman–Crippen MR) is 198 cm³/mol. The molecule has 0 bridgehead atoms. The molecule has 0 radical (unpaired) electrons. The molecule has 46 heavy (non-hydrogen) atoms. The minimum Gasteiger partial charge on any atom is -0.375 e. The number of thiophene rings is 1. The van der Waals surface area contributed by atoms with Crippen molar-refractivity contribution in [2.75, 3.05) is 37.5 Å². The van der Waals surface area contributed by atoms with Gasteiger partial charge in [0, 0.05) is 72.3 Å². The number of benzene rings is 4. The van der Waals surface area contributed by atoms with Crippen LogP contribution in [0.5, 0.6) is 0 Å². The van der Waals surface area contributed by atoms with Crippen molar-refractivity contribution in [3.8, 4) is 11.1 Å². The van der Waals surface area contributed by atoms with E-state index in [4.69, 9.17) is 6.57 Å². The maximum absolute atomic E-state index is 8.31. The quantitative estimate of drug-likeness (QED) is 0.127. The van der Waals surface area contributed by atoms with E-state index in [-0.39, 0.29) is 0 Å². The topological polar surface area (TPSA) is 13.8 Å². The Morgan fingerprint density at radius 1 is 0.739 bits per heavy atom. The number of allylic oxidation sites excluding steroid dienone is 5. The molecule has 4 aromatic carbocycles. The van der Waals surface area contributed by atoms with Gasteiger partial charge in [0.25, 0.3) is 0 Å². The van der Waals surface area contributed by atoms with Crippen LogP contribution >= 0.6 is 11.3 Å². The van der Waals surface area contributed by atoms with Crippen LogP contribution in [-0.2, 0) is 0 Å². The monoisotopic (exact) mass is 617 g/mol. The average Bonchev–Trinajstić information content (AvgIpc) is 3.51. The fourth-order valence-electron chi connectivity index (χ4n) is 5.70. The molecular formula is C41H37N4S+. The molecule has 4 nitrogen and oxygen atoms in total. The highest BCUT2D eigenvalue weighted by Gasteiger charge is 2.26. The van der Waals surface area contributed by atoms with Gasteiger partial charge in [0.05, 0.1) is 11.6 Å². The summed E-state index contributed by atoms with van der Waals surface area (Å²) >= 11 is 1.71. The Labute approximate surface area is 276 Å². The minimum absolute atomic E-state index is 0.703. The van der Waals surface area contributed by atoms with Crippen LogP contribution in [0.15, 0.2) is 145 Å². The van der Waals surface area contributed by atoms with Crippen LogP contribution in [0.2, 0.25) is 0 Å². The molecule has 0 unspecified atom stereocenters. The van der Waals surface area contributed by atoms with E-state index in [0.717, 1.165) is 67.0 Å². The largest absolute Gasteiger partial charge is 0.375 e. The van der Waals surface area contributed by atoms with E-state index in [1.54, 1.807) is 11.3 Å². The third-order valence-corrected chi connectivity index (χ3v) is 9.77. The zero-order chi connectivity index (χ0) is 32.0. The standard InChI is InChI=1S/C41H37N4S/c1-6-43(3)41-39(42-2)38(30-16-10-7-11-17-30)40(46-41)37(31-22-26-35(27-23-31)44(4)33-18-12-8-13-19-33)32-24-28-36(29-25-32)45(5)34-20-14-9-15-21-34/h7-29H,6H2,1,3-5H3/q+1. The first-order valence-corrected chi connectivity index (χ1v) is 16.3. The molecule has 5 heteroatoms. The summed E-state index contributed by atoms with van der Waals surface area (Å²) in [6.07, 6.45) is 8.79. The number of hydrogen-bond acceptors (Lipinski definition) is 3. The Morgan fingerprint density at radius 2 is 1.30 bits per heavy atom. The van der Waals surface area contributed by atoms with E-state index in [1.807, 2.05) is 18.2 Å². The van der Waals surface area contributed by atoms with Crippen molar-refractivity contribution in [1.29, 1.82) is 0 Å². The molecule has 0 spiro atoms.